The van der Waals surface area contributed by atoms with Crippen LogP contribution < -0.4 is 10.5 Å². The molecule has 1 aromatic rings. The topological polar surface area (TPSA) is 73.9 Å². The Labute approximate surface area is 93.0 Å². The van der Waals surface area contributed by atoms with Crippen molar-refractivity contribution in [2.75, 3.05) is 12.3 Å². The van der Waals surface area contributed by atoms with Gasteiger partial charge in [-0.25, -0.2) is 0 Å². The van der Waals surface area contributed by atoms with Crippen LogP contribution in [0.25, 0.3) is 0 Å². The van der Waals surface area contributed by atoms with Gasteiger partial charge in [-0.05, 0) is 30.4 Å². The van der Waals surface area contributed by atoms with Crippen molar-refractivity contribution in [1.29, 1.82) is 0 Å². The summed E-state index contributed by atoms with van der Waals surface area (Å²) in [5.41, 5.74) is 5.42. The average molecular weight is 229 g/mol. The Morgan fingerprint density at radius 2 is 2.00 bits per heavy atom. The predicted molar refractivity (Wildman–Crippen MR) is 56.7 cm³/mol. The zero-order valence-electron chi connectivity index (χ0n) is 8.32. The van der Waals surface area contributed by atoms with Gasteiger partial charge in [0.25, 0.3) is 0 Å². The lowest BCUT2D eigenvalue weighted by molar-refractivity contribution is 0.234. The standard InChI is InChI=1S/C9H13ClN4O/c10-7-12-8(11)14-9(13-7)15-5-6-3-1-2-4-6/h6H,1-5H2,(H2,11,12,13,14). The molecule has 0 radical (unpaired) electrons. The zero-order chi connectivity index (χ0) is 10.7. The number of rotatable bonds is 3. The number of hydrogen-bond acceptors (Lipinski definition) is 5. The number of nitrogens with zero attached hydrogens (tertiary/aromatic N) is 3. The van der Waals surface area contributed by atoms with Gasteiger partial charge in [0, 0.05) is 0 Å². The van der Waals surface area contributed by atoms with Crippen molar-refractivity contribution < 1.29 is 4.74 Å². The average Bonchev–Trinajstić information content (AvgIpc) is 2.65. The van der Waals surface area contributed by atoms with E-state index in [1.165, 1.54) is 25.7 Å². The van der Waals surface area contributed by atoms with E-state index < -0.39 is 0 Å². The summed E-state index contributed by atoms with van der Waals surface area (Å²) in [7, 11) is 0. The third-order valence-electron chi connectivity index (χ3n) is 2.53. The summed E-state index contributed by atoms with van der Waals surface area (Å²) in [6.45, 7) is 0.639. The second-order valence-corrected chi connectivity index (χ2v) is 4.04. The molecule has 0 aromatic carbocycles. The molecule has 0 amide bonds. The summed E-state index contributed by atoms with van der Waals surface area (Å²) < 4.78 is 5.42. The zero-order valence-corrected chi connectivity index (χ0v) is 9.07. The van der Waals surface area contributed by atoms with Crippen molar-refractivity contribution in [3.8, 4) is 6.01 Å². The van der Waals surface area contributed by atoms with Crippen molar-refractivity contribution >= 4 is 17.5 Å². The molecule has 15 heavy (non-hydrogen) atoms. The van der Waals surface area contributed by atoms with Crippen molar-refractivity contribution in [2.24, 2.45) is 5.92 Å². The Kier molecular flexibility index (Phi) is 3.20. The van der Waals surface area contributed by atoms with Crippen LogP contribution in [0.15, 0.2) is 0 Å². The van der Waals surface area contributed by atoms with Gasteiger partial charge < -0.3 is 10.5 Å². The number of hydrogen-bond donors (Lipinski definition) is 1. The molecular weight excluding hydrogens is 216 g/mol. The van der Waals surface area contributed by atoms with Crippen LogP contribution in [0, 0.1) is 5.92 Å². The molecule has 0 atom stereocenters. The third-order valence-corrected chi connectivity index (χ3v) is 2.70. The molecule has 0 saturated heterocycles. The molecule has 1 aliphatic carbocycles. The highest BCUT2D eigenvalue weighted by Gasteiger charge is 2.16. The van der Waals surface area contributed by atoms with E-state index in [-0.39, 0.29) is 17.2 Å². The van der Waals surface area contributed by atoms with Crippen molar-refractivity contribution in [2.45, 2.75) is 25.7 Å². The van der Waals surface area contributed by atoms with Gasteiger partial charge in [-0.3, -0.25) is 0 Å². The number of ether oxygens (including phenoxy) is 1. The van der Waals surface area contributed by atoms with E-state index in [1.807, 2.05) is 0 Å². The number of anilines is 1. The van der Waals surface area contributed by atoms with Crippen LogP contribution in [0.3, 0.4) is 0 Å². The molecular formula is C9H13ClN4O. The molecule has 1 fully saturated rings. The molecule has 0 aliphatic heterocycles. The Morgan fingerprint density at radius 1 is 1.27 bits per heavy atom. The van der Waals surface area contributed by atoms with Crippen molar-refractivity contribution in [3.63, 3.8) is 0 Å². The van der Waals surface area contributed by atoms with E-state index in [1.54, 1.807) is 0 Å². The lowest BCUT2D eigenvalue weighted by Gasteiger charge is -2.09. The minimum Gasteiger partial charge on any atom is -0.463 e. The maximum absolute atomic E-state index is 5.62. The summed E-state index contributed by atoms with van der Waals surface area (Å²) in [5.74, 6) is 0.707. The van der Waals surface area contributed by atoms with Gasteiger partial charge in [-0.2, -0.15) is 15.0 Å². The highest BCUT2D eigenvalue weighted by atomic mass is 35.5. The molecule has 2 rings (SSSR count). The fraction of sp³-hybridized carbons (Fsp3) is 0.667. The highest BCUT2D eigenvalue weighted by Crippen LogP contribution is 2.25. The summed E-state index contributed by atoms with van der Waals surface area (Å²) in [6, 6.07) is 0.222. The van der Waals surface area contributed by atoms with Gasteiger partial charge in [0.05, 0.1) is 6.61 Å². The first kappa shape index (κ1) is 10.4. The quantitative estimate of drug-likeness (QED) is 0.852. The largest absolute Gasteiger partial charge is 0.463 e. The minimum atomic E-state index is 0.0731. The van der Waals surface area contributed by atoms with Gasteiger partial charge in [0.1, 0.15) is 0 Å². The maximum Gasteiger partial charge on any atom is 0.322 e. The Hall–Kier alpha value is -1.10. The first-order chi connectivity index (χ1) is 7.24. The van der Waals surface area contributed by atoms with Crippen LogP contribution in [-0.2, 0) is 0 Å². The van der Waals surface area contributed by atoms with Gasteiger partial charge >= 0.3 is 6.01 Å². The van der Waals surface area contributed by atoms with E-state index in [2.05, 4.69) is 15.0 Å². The van der Waals surface area contributed by atoms with Crippen LogP contribution in [0.2, 0.25) is 5.28 Å². The second-order valence-electron chi connectivity index (χ2n) is 3.71. The van der Waals surface area contributed by atoms with Crippen LogP contribution in [0.4, 0.5) is 5.95 Å². The SMILES string of the molecule is Nc1nc(Cl)nc(OCC2CCCC2)n1. The number of nitrogen functional groups attached to an aromatic ring is 1. The van der Waals surface area contributed by atoms with E-state index >= 15 is 0 Å². The lowest BCUT2D eigenvalue weighted by atomic mass is 10.1. The van der Waals surface area contributed by atoms with Gasteiger partial charge in [-0.1, -0.05) is 12.8 Å². The predicted octanol–water partition coefficient (Wildman–Crippen LogP) is 1.68. The molecule has 0 bridgehead atoms. The molecule has 5 nitrogen and oxygen atoms in total. The fourth-order valence-corrected chi connectivity index (χ4v) is 1.94. The van der Waals surface area contributed by atoms with E-state index in [9.17, 15) is 0 Å². The molecule has 2 N–H and O–H groups in total. The van der Waals surface area contributed by atoms with Gasteiger partial charge in [-0.15, -0.1) is 0 Å². The van der Waals surface area contributed by atoms with Crippen molar-refractivity contribution in [3.05, 3.63) is 5.28 Å². The Bertz CT molecular complexity index is 321. The van der Waals surface area contributed by atoms with Crippen LogP contribution in [0.5, 0.6) is 6.01 Å². The van der Waals surface area contributed by atoms with E-state index in [4.69, 9.17) is 22.1 Å². The summed E-state index contributed by atoms with van der Waals surface area (Å²) in [4.78, 5) is 11.3. The summed E-state index contributed by atoms with van der Waals surface area (Å²) in [6.07, 6.45) is 5.00. The molecule has 1 aliphatic rings. The smallest absolute Gasteiger partial charge is 0.322 e. The first-order valence-corrected chi connectivity index (χ1v) is 5.41. The fourth-order valence-electron chi connectivity index (χ4n) is 1.78. The molecule has 6 heteroatoms. The van der Waals surface area contributed by atoms with Crippen molar-refractivity contribution in [1.82, 2.24) is 15.0 Å². The van der Waals surface area contributed by atoms with E-state index in [0.29, 0.717) is 12.5 Å². The monoisotopic (exact) mass is 228 g/mol. The Morgan fingerprint density at radius 3 is 2.67 bits per heavy atom. The summed E-state index contributed by atoms with van der Waals surface area (Å²) in [5, 5.41) is 0.0731. The number of nitrogens with two attached hydrogens (primary N) is 1. The highest BCUT2D eigenvalue weighted by molar-refractivity contribution is 6.28. The van der Waals surface area contributed by atoms with Crippen LogP contribution >= 0.6 is 11.6 Å². The molecule has 0 unspecified atom stereocenters. The normalized spacial score (nSPS) is 16.9. The summed E-state index contributed by atoms with van der Waals surface area (Å²) >= 11 is 5.62. The Balaban J connectivity index is 1.92. The van der Waals surface area contributed by atoms with Gasteiger partial charge in [0.15, 0.2) is 0 Å². The minimum absolute atomic E-state index is 0.0731. The molecule has 82 valence electrons. The third kappa shape index (κ3) is 2.92. The number of aromatic nitrogens is 3. The maximum atomic E-state index is 5.62. The molecule has 1 heterocycles. The van der Waals surface area contributed by atoms with Crippen LogP contribution in [0.1, 0.15) is 25.7 Å². The van der Waals surface area contributed by atoms with Gasteiger partial charge in [0.2, 0.25) is 11.2 Å². The second kappa shape index (κ2) is 4.61. The lowest BCUT2D eigenvalue weighted by Crippen LogP contribution is -2.11. The molecule has 1 saturated carbocycles. The van der Waals surface area contributed by atoms with E-state index in [0.717, 1.165) is 0 Å². The number of halogens is 1. The first-order valence-electron chi connectivity index (χ1n) is 5.04. The van der Waals surface area contributed by atoms with Crippen LogP contribution in [-0.4, -0.2) is 21.6 Å². The molecule has 0 spiro atoms. The molecule has 1 aromatic heterocycles.